The van der Waals surface area contributed by atoms with Gasteiger partial charge in [0.15, 0.2) is 0 Å². The highest BCUT2D eigenvalue weighted by Gasteiger charge is 2.21. The number of carbonyl (C=O) groups excluding carboxylic acids is 1. The van der Waals surface area contributed by atoms with Crippen molar-refractivity contribution in [1.29, 1.82) is 0 Å². The van der Waals surface area contributed by atoms with Crippen molar-refractivity contribution in [3.63, 3.8) is 0 Å². The zero-order valence-corrected chi connectivity index (χ0v) is 12.1. The fourth-order valence-corrected chi connectivity index (χ4v) is 2.00. The number of esters is 1. The van der Waals surface area contributed by atoms with Gasteiger partial charge in [-0.15, -0.1) is 0 Å². The van der Waals surface area contributed by atoms with Crippen LogP contribution in [0.4, 0.5) is 10.1 Å². The third kappa shape index (κ3) is 3.83. The molecule has 0 saturated heterocycles. The molecule has 0 aromatic heterocycles. The van der Waals surface area contributed by atoms with Crippen molar-refractivity contribution < 1.29 is 13.9 Å². The highest BCUT2D eigenvalue weighted by molar-refractivity contribution is 14.1. The van der Waals surface area contributed by atoms with Gasteiger partial charge in [-0.3, -0.25) is 4.79 Å². The predicted octanol–water partition coefficient (Wildman–Crippen LogP) is 3.04. The Hall–Kier alpha value is -0.850. The van der Waals surface area contributed by atoms with Crippen molar-refractivity contribution in [3.8, 4) is 0 Å². The minimum Gasteiger partial charge on any atom is -0.469 e. The second kappa shape index (κ2) is 6.18. The van der Waals surface area contributed by atoms with Crippen LogP contribution in [0.3, 0.4) is 0 Å². The van der Waals surface area contributed by atoms with Gasteiger partial charge in [-0.25, -0.2) is 4.39 Å². The summed E-state index contributed by atoms with van der Waals surface area (Å²) in [5, 5.41) is 3.18. The van der Waals surface area contributed by atoms with Gasteiger partial charge in [-0.1, -0.05) is 0 Å². The van der Waals surface area contributed by atoms with Crippen LogP contribution < -0.4 is 5.32 Å². The molecule has 1 aromatic rings. The van der Waals surface area contributed by atoms with Crippen LogP contribution in [-0.4, -0.2) is 19.1 Å². The van der Waals surface area contributed by atoms with Gasteiger partial charge < -0.3 is 10.1 Å². The number of rotatable bonds is 4. The summed E-state index contributed by atoms with van der Waals surface area (Å²) in [6.07, 6.45) is 0. The van der Waals surface area contributed by atoms with E-state index in [0.29, 0.717) is 0 Å². The van der Waals surface area contributed by atoms with Crippen molar-refractivity contribution in [3.05, 3.63) is 27.6 Å². The van der Waals surface area contributed by atoms with Crippen molar-refractivity contribution in [2.45, 2.75) is 19.9 Å². The molecule has 0 bridgehead atoms. The summed E-state index contributed by atoms with van der Waals surface area (Å²) < 4.78 is 18.4. The molecule has 1 N–H and O–H groups in total. The van der Waals surface area contributed by atoms with Gasteiger partial charge in [0.2, 0.25) is 0 Å². The molecule has 0 fully saturated rings. The van der Waals surface area contributed by atoms with Gasteiger partial charge in [0.25, 0.3) is 0 Å². The molecule has 5 heteroatoms. The topological polar surface area (TPSA) is 38.3 Å². The summed E-state index contributed by atoms with van der Waals surface area (Å²) in [7, 11) is 1.37. The van der Waals surface area contributed by atoms with E-state index >= 15 is 0 Å². The molecule has 1 aromatic carbocycles. The average molecular weight is 351 g/mol. The smallest absolute Gasteiger partial charge is 0.310 e. The minimum absolute atomic E-state index is 0.0820. The van der Waals surface area contributed by atoms with Gasteiger partial charge in [-0.05, 0) is 54.6 Å². The maximum Gasteiger partial charge on any atom is 0.310 e. The summed E-state index contributed by atoms with van der Waals surface area (Å²) in [5.74, 6) is -0.795. The number of ether oxygens (including phenoxy) is 1. The van der Waals surface area contributed by atoms with E-state index in [9.17, 15) is 9.18 Å². The van der Waals surface area contributed by atoms with E-state index < -0.39 is 0 Å². The van der Waals surface area contributed by atoms with Gasteiger partial charge in [0, 0.05) is 15.3 Å². The first-order valence-electron chi connectivity index (χ1n) is 5.25. The largest absolute Gasteiger partial charge is 0.469 e. The van der Waals surface area contributed by atoms with Gasteiger partial charge in [0.05, 0.1) is 13.0 Å². The number of benzene rings is 1. The van der Waals surface area contributed by atoms with Crippen LogP contribution in [0.5, 0.6) is 0 Å². The highest BCUT2D eigenvalue weighted by Crippen LogP contribution is 2.21. The van der Waals surface area contributed by atoms with Crippen molar-refractivity contribution in [2.24, 2.45) is 5.92 Å². The van der Waals surface area contributed by atoms with Crippen LogP contribution in [0.15, 0.2) is 18.2 Å². The molecule has 2 atom stereocenters. The Morgan fingerprint density at radius 2 is 2.12 bits per heavy atom. The second-order valence-corrected chi connectivity index (χ2v) is 5.03. The molecule has 1 rings (SSSR count). The number of nitrogens with one attached hydrogen (secondary N) is 1. The molecule has 0 aliphatic rings. The minimum atomic E-state index is -0.270. The first kappa shape index (κ1) is 14.2. The molecule has 2 unspecified atom stereocenters. The standard InChI is InChI=1S/C12H15FINO2/c1-7(12(16)17-3)8(2)15-11-5-4-9(13)6-10(11)14/h4-8,15H,1-3H3. The maximum absolute atomic E-state index is 12.9. The Morgan fingerprint density at radius 1 is 1.47 bits per heavy atom. The van der Waals surface area contributed by atoms with E-state index in [0.717, 1.165) is 9.26 Å². The molecule has 94 valence electrons. The Bertz CT molecular complexity index is 411. The zero-order chi connectivity index (χ0) is 13.0. The van der Waals surface area contributed by atoms with Gasteiger partial charge in [-0.2, -0.15) is 0 Å². The maximum atomic E-state index is 12.9. The number of carbonyl (C=O) groups is 1. The molecule has 0 aliphatic carbocycles. The SMILES string of the molecule is COC(=O)C(C)C(C)Nc1ccc(F)cc1I. The molecule has 17 heavy (non-hydrogen) atoms. The van der Waals surface area contributed by atoms with Crippen LogP contribution in [0, 0.1) is 15.3 Å². The van der Waals surface area contributed by atoms with Gasteiger partial charge in [0.1, 0.15) is 5.82 Å². The fraction of sp³-hybridized carbons (Fsp3) is 0.417. The molecule has 0 radical (unpaired) electrons. The van der Waals surface area contributed by atoms with E-state index in [2.05, 4.69) is 32.6 Å². The predicted molar refractivity (Wildman–Crippen MR) is 73.4 cm³/mol. The zero-order valence-electron chi connectivity index (χ0n) is 9.96. The van der Waals surface area contributed by atoms with Crippen molar-refractivity contribution >= 4 is 34.2 Å². The lowest BCUT2D eigenvalue weighted by molar-refractivity contribution is -0.145. The van der Waals surface area contributed by atoms with Crippen LogP contribution in [0.2, 0.25) is 0 Å². The summed E-state index contributed by atoms with van der Waals surface area (Å²) in [5.41, 5.74) is 0.815. The monoisotopic (exact) mass is 351 g/mol. The highest BCUT2D eigenvalue weighted by atomic mass is 127. The quantitative estimate of drug-likeness (QED) is 0.670. The molecule has 0 spiro atoms. The second-order valence-electron chi connectivity index (χ2n) is 3.87. The lowest BCUT2D eigenvalue weighted by atomic mass is 10.0. The Morgan fingerprint density at radius 3 is 2.65 bits per heavy atom. The van der Waals surface area contributed by atoms with E-state index in [1.54, 1.807) is 13.0 Å². The Kier molecular flexibility index (Phi) is 5.17. The van der Waals surface area contributed by atoms with Crippen LogP contribution in [-0.2, 0) is 9.53 Å². The number of hydrogen-bond acceptors (Lipinski definition) is 3. The molecule has 0 heterocycles. The van der Waals surface area contributed by atoms with Crippen molar-refractivity contribution in [1.82, 2.24) is 0 Å². The molecular formula is C12H15FINO2. The van der Waals surface area contributed by atoms with E-state index in [1.807, 2.05) is 6.92 Å². The third-order valence-corrected chi connectivity index (χ3v) is 3.53. The van der Waals surface area contributed by atoms with Crippen molar-refractivity contribution in [2.75, 3.05) is 12.4 Å². The van der Waals surface area contributed by atoms with Crippen LogP contribution >= 0.6 is 22.6 Å². The van der Waals surface area contributed by atoms with E-state index in [4.69, 9.17) is 0 Å². The first-order valence-corrected chi connectivity index (χ1v) is 6.33. The van der Waals surface area contributed by atoms with E-state index in [1.165, 1.54) is 19.2 Å². The summed E-state index contributed by atoms with van der Waals surface area (Å²) in [6.45, 7) is 3.68. The molecule has 3 nitrogen and oxygen atoms in total. The number of halogens is 2. The van der Waals surface area contributed by atoms with E-state index in [-0.39, 0.29) is 23.7 Å². The Balaban J connectivity index is 2.74. The van der Waals surface area contributed by atoms with Crippen LogP contribution in [0.1, 0.15) is 13.8 Å². The number of methoxy groups -OCH3 is 1. The van der Waals surface area contributed by atoms with Gasteiger partial charge >= 0.3 is 5.97 Å². The Labute approximate surface area is 114 Å². The molecule has 0 saturated carbocycles. The fourth-order valence-electron chi connectivity index (χ4n) is 1.37. The number of hydrogen-bond donors (Lipinski definition) is 1. The summed E-state index contributed by atoms with van der Waals surface area (Å²) >= 11 is 2.05. The third-order valence-electron chi connectivity index (χ3n) is 2.64. The number of anilines is 1. The lowest BCUT2D eigenvalue weighted by Crippen LogP contribution is -2.31. The average Bonchev–Trinajstić information content (AvgIpc) is 2.30. The summed E-state index contributed by atoms with van der Waals surface area (Å²) in [6, 6.07) is 4.41. The normalized spacial score (nSPS) is 13.9. The molecular weight excluding hydrogens is 336 g/mol. The lowest BCUT2D eigenvalue weighted by Gasteiger charge is -2.21. The summed E-state index contributed by atoms with van der Waals surface area (Å²) in [4.78, 5) is 11.4. The molecule has 0 amide bonds. The first-order chi connectivity index (χ1) is 7.95. The van der Waals surface area contributed by atoms with Crippen LogP contribution in [0.25, 0.3) is 0 Å². The molecule has 0 aliphatic heterocycles.